The van der Waals surface area contributed by atoms with Gasteiger partial charge in [0, 0.05) is 6.54 Å². The summed E-state index contributed by atoms with van der Waals surface area (Å²) in [5.41, 5.74) is 2.99. The van der Waals surface area contributed by atoms with Crippen LogP contribution in [0.1, 0.15) is 17.2 Å². The second kappa shape index (κ2) is 8.59. The fourth-order valence-electron chi connectivity index (χ4n) is 4.04. The molecule has 162 valence electrons. The predicted octanol–water partition coefficient (Wildman–Crippen LogP) is 2.41. The van der Waals surface area contributed by atoms with Crippen molar-refractivity contribution in [3.63, 3.8) is 0 Å². The Bertz CT molecular complexity index is 1010. The first-order valence-corrected chi connectivity index (χ1v) is 9.99. The first-order valence-electron chi connectivity index (χ1n) is 9.99. The van der Waals surface area contributed by atoms with Crippen molar-refractivity contribution < 1.29 is 23.8 Å². The van der Waals surface area contributed by atoms with E-state index in [-0.39, 0.29) is 11.9 Å². The number of nitrogens with one attached hydrogen (secondary N) is 2. The van der Waals surface area contributed by atoms with Crippen LogP contribution in [0.2, 0.25) is 0 Å². The topological polar surface area (TPSA) is 89.1 Å². The number of hydrogen-bond acceptors (Lipinski definition) is 5. The minimum atomic E-state index is -0.619. The molecule has 0 bridgehead atoms. The fourth-order valence-corrected chi connectivity index (χ4v) is 4.04. The molecule has 2 aliphatic rings. The SMILES string of the molecule is COc1cc([C@@H]2NC(=O)NC3=C2C(=O)N(CCc2ccccc2)C3)cc(OC)c1OC. The second-order valence-corrected chi connectivity index (χ2v) is 7.34. The van der Waals surface area contributed by atoms with E-state index in [1.54, 1.807) is 17.0 Å². The van der Waals surface area contributed by atoms with Gasteiger partial charge in [-0.1, -0.05) is 30.3 Å². The molecule has 0 spiro atoms. The third kappa shape index (κ3) is 3.88. The van der Waals surface area contributed by atoms with Crippen molar-refractivity contribution in [2.24, 2.45) is 0 Å². The number of urea groups is 1. The van der Waals surface area contributed by atoms with Gasteiger partial charge in [0.2, 0.25) is 5.75 Å². The average molecular weight is 423 g/mol. The minimum Gasteiger partial charge on any atom is -0.493 e. The van der Waals surface area contributed by atoms with Crippen molar-refractivity contribution in [1.29, 1.82) is 0 Å². The summed E-state index contributed by atoms with van der Waals surface area (Å²) in [6.45, 7) is 0.934. The van der Waals surface area contributed by atoms with Gasteiger partial charge in [0.15, 0.2) is 11.5 Å². The fraction of sp³-hybridized carbons (Fsp3) is 0.304. The lowest BCUT2D eigenvalue weighted by Gasteiger charge is -2.26. The maximum absolute atomic E-state index is 13.3. The van der Waals surface area contributed by atoms with Crippen LogP contribution in [0.5, 0.6) is 17.2 Å². The zero-order valence-corrected chi connectivity index (χ0v) is 17.7. The Morgan fingerprint density at radius 3 is 2.29 bits per heavy atom. The molecule has 2 aromatic rings. The van der Waals surface area contributed by atoms with Gasteiger partial charge in [0.1, 0.15) is 0 Å². The van der Waals surface area contributed by atoms with E-state index < -0.39 is 6.04 Å². The second-order valence-electron chi connectivity index (χ2n) is 7.34. The van der Waals surface area contributed by atoms with Crippen LogP contribution in [0, 0.1) is 0 Å². The largest absolute Gasteiger partial charge is 0.493 e. The van der Waals surface area contributed by atoms with Crippen LogP contribution >= 0.6 is 0 Å². The molecule has 2 N–H and O–H groups in total. The van der Waals surface area contributed by atoms with E-state index in [1.165, 1.54) is 21.3 Å². The van der Waals surface area contributed by atoms with E-state index in [1.807, 2.05) is 30.3 Å². The molecule has 1 atom stereocenters. The predicted molar refractivity (Wildman–Crippen MR) is 114 cm³/mol. The van der Waals surface area contributed by atoms with Gasteiger partial charge in [0.05, 0.1) is 45.2 Å². The van der Waals surface area contributed by atoms with Gasteiger partial charge in [-0.2, -0.15) is 0 Å². The normalized spacial score (nSPS) is 17.8. The number of benzene rings is 2. The van der Waals surface area contributed by atoms with Crippen molar-refractivity contribution in [2.45, 2.75) is 12.5 Å². The van der Waals surface area contributed by atoms with Crippen LogP contribution in [-0.2, 0) is 11.2 Å². The highest BCUT2D eigenvalue weighted by Gasteiger charge is 2.40. The zero-order valence-electron chi connectivity index (χ0n) is 17.7. The van der Waals surface area contributed by atoms with Crippen molar-refractivity contribution in [2.75, 3.05) is 34.4 Å². The van der Waals surface area contributed by atoms with Crippen molar-refractivity contribution in [1.82, 2.24) is 15.5 Å². The van der Waals surface area contributed by atoms with Crippen molar-refractivity contribution >= 4 is 11.9 Å². The summed E-state index contributed by atoms with van der Waals surface area (Å²) in [4.78, 5) is 27.4. The Hall–Kier alpha value is -3.68. The van der Waals surface area contributed by atoms with Crippen molar-refractivity contribution in [3.8, 4) is 17.2 Å². The quantitative estimate of drug-likeness (QED) is 0.714. The average Bonchev–Trinajstić information content (AvgIpc) is 3.11. The number of nitrogens with zero attached hydrogens (tertiary/aromatic N) is 1. The molecule has 4 rings (SSSR count). The summed E-state index contributed by atoms with van der Waals surface area (Å²) in [5.74, 6) is 1.26. The molecule has 0 saturated heterocycles. The van der Waals surface area contributed by atoms with E-state index in [4.69, 9.17) is 14.2 Å². The number of carbonyl (C=O) groups is 2. The molecule has 2 aliphatic heterocycles. The molecule has 0 aliphatic carbocycles. The molecular formula is C23H25N3O5. The van der Waals surface area contributed by atoms with Gasteiger partial charge >= 0.3 is 6.03 Å². The number of ether oxygens (including phenoxy) is 3. The highest BCUT2D eigenvalue weighted by Crippen LogP contribution is 2.42. The maximum Gasteiger partial charge on any atom is 0.319 e. The van der Waals surface area contributed by atoms with Gasteiger partial charge in [-0.25, -0.2) is 4.79 Å². The Kier molecular flexibility index (Phi) is 5.70. The third-order valence-corrected chi connectivity index (χ3v) is 5.55. The molecule has 0 saturated carbocycles. The van der Waals surface area contributed by atoms with Gasteiger partial charge in [-0.15, -0.1) is 0 Å². The van der Waals surface area contributed by atoms with E-state index in [9.17, 15) is 9.59 Å². The molecule has 0 radical (unpaired) electrons. The molecule has 8 heteroatoms. The summed E-state index contributed by atoms with van der Waals surface area (Å²) in [5, 5.41) is 5.66. The summed E-state index contributed by atoms with van der Waals surface area (Å²) in [6.07, 6.45) is 0.739. The smallest absolute Gasteiger partial charge is 0.319 e. The lowest BCUT2D eigenvalue weighted by Crippen LogP contribution is -2.44. The summed E-state index contributed by atoms with van der Waals surface area (Å²) in [6, 6.07) is 12.5. The van der Waals surface area contributed by atoms with Crippen LogP contribution in [0.4, 0.5) is 4.79 Å². The Balaban J connectivity index is 1.63. The molecular weight excluding hydrogens is 398 g/mol. The first kappa shape index (κ1) is 20.6. The molecule has 2 heterocycles. The van der Waals surface area contributed by atoms with E-state index in [2.05, 4.69) is 10.6 Å². The van der Waals surface area contributed by atoms with E-state index in [0.717, 1.165) is 12.0 Å². The van der Waals surface area contributed by atoms with Gasteiger partial charge < -0.3 is 29.7 Å². The molecule has 0 aromatic heterocycles. The van der Waals surface area contributed by atoms with Crippen LogP contribution in [0.3, 0.4) is 0 Å². The molecule has 0 fully saturated rings. The Labute approximate surface area is 180 Å². The van der Waals surface area contributed by atoms with Crippen LogP contribution in [0.25, 0.3) is 0 Å². The number of hydrogen-bond donors (Lipinski definition) is 2. The third-order valence-electron chi connectivity index (χ3n) is 5.55. The van der Waals surface area contributed by atoms with Gasteiger partial charge in [0.25, 0.3) is 5.91 Å². The summed E-state index contributed by atoms with van der Waals surface area (Å²) in [7, 11) is 4.58. The number of amides is 3. The Morgan fingerprint density at radius 1 is 1.00 bits per heavy atom. The van der Waals surface area contributed by atoms with Gasteiger partial charge in [-0.05, 0) is 29.7 Å². The van der Waals surface area contributed by atoms with Crippen LogP contribution < -0.4 is 24.8 Å². The summed E-state index contributed by atoms with van der Waals surface area (Å²) < 4.78 is 16.3. The molecule has 3 amide bonds. The highest BCUT2D eigenvalue weighted by atomic mass is 16.5. The standard InChI is InChI=1S/C23H25N3O5/c1-29-17-11-15(12-18(30-2)21(17)31-3)20-19-16(24-23(28)25-20)13-26(22(19)27)10-9-14-7-5-4-6-8-14/h4-8,11-12,20H,9-10,13H2,1-3H3,(H2,24,25,28)/t20-/m0/s1. The van der Waals surface area contributed by atoms with Crippen molar-refractivity contribution in [3.05, 3.63) is 64.9 Å². The lowest BCUT2D eigenvalue weighted by atomic mass is 9.95. The number of carbonyl (C=O) groups excluding carboxylic acids is 2. The highest BCUT2D eigenvalue weighted by molar-refractivity contribution is 6.01. The monoisotopic (exact) mass is 423 g/mol. The van der Waals surface area contributed by atoms with E-state index >= 15 is 0 Å². The van der Waals surface area contributed by atoms with Crippen LogP contribution in [0.15, 0.2) is 53.7 Å². The molecule has 8 nitrogen and oxygen atoms in total. The van der Waals surface area contributed by atoms with Crippen LogP contribution in [-0.4, -0.2) is 51.3 Å². The molecule has 2 aromatic carbocycles. The molecule has 31 heavy (non-hydrogen) atoms. The number of methoxy groups -OCH3 is 3. The Morgan fingerprint density at radius 2 is 1.68 bits per heavy atom. The van der Waals surface area contributed by atoms with Gasteiger partial charge in [-0.3, -0.25) is 4.79 Å². The first-order chi connectivity index (χ1) is 15.0. The zero-order chi connectivity index (χ0) is 22.0. The maximum atomic E-state index is 13.3. The lowest BCUT2D eigenvalue weighted by molar-refractivity contribution is -0.125. The minimum absolute atomic E-state index is 0.0998. The van der Waals surface area contributed by atoms with E-state index in [0.29, 0.717) is 47.2 Å². The number of rotatable bonds is 7. The summed E-state index contributed by atoms with van der Waals surface area (Å²) >= 11 is 0. The molecule has 0 unspecified atom stereocenters.